The predicted molar refractivity (Wildman–Crippen MR) is 71.9 cm³/mol. The number of rotatable bonds is 6. The van der Waals surface area contributed by atoms with Crippen molar-refractivity contribution in [1.82, 2.24) is 0 Å². The average molecular weight is 316 g/mol. The Bertz CT molecular complexity index is 631. The van der Waals surface area contributed by atoms with Crippen molar-refractivity contribution in [2.45, 2.75) is 6.10 Å². The fraction of sp³-hybridized carbons (Fsp3) is 0.143. The second kappa shape index (κ2) is 8.53. The maximum Gasteiger partial charge on any atom is 1.00 e. The SMILES string of the molecule is O=S(=O)([O-])OCC(Oc1ccccc1)c1ccccc1.[Na+]. The predicted octanol–water partition coefficient (Wildman–Crippen LogP) is -0.712. The van der Waals surface area contributed by atoms with Gasteiger partial charge in [0.25, 0.3) is 0 Å². The Morgan fingerprint density at radius 2 is 1.48 bits per heavy atom. The van der Waals surface area contributed by atoms with Gasteiger partial charge in [0.15, 0.2) is 0 Å². The summed E-state index contributed by atoms with van der Waals surface area (Å²) in [5.74, 6) is 0.563. The van der Waals surface area contributed by atoms with Gasteiger partial charge in [0.1, 0.15) is 18.5 Å². The Labute approximate surface area is 146 Å². The van der Waals surface area contributed by atoms with Crippen LogP contribution in [0, 0.1) is 0 Å². The second-order valence-corrected chi connectivity index (χ2v) is 5.08. The fourth-order valence-electron chi connectivity index (χ4n) is 1.67. The number of hydrogen-bond acceptors (Lipinski definition) is 5. The largest absolute Gasteiger partial charge is 1.00 e. The molecule has 1 unspecified atom stereocenters. The van der Waals surface area contributed by atoms with Crippen LogP contribution in [0.5, 0.6) is 5.75 Å². The average Bonchev–Trinajstić information content (AvgIpc) is 2.44. The molecule has 2 aromatic rings. The van der Waals surface area contributed by atoms with Crippen molar-refractivity contribution in [2.75, 3.05) is 6.61 Å². The first kappa shape index (κ1) is 18.2. The third-order valence-corrected chi connectivity index (χ3v) is 2.98. The van der Waals surface area contributed by atoms with Gasteiger partial charge >= 0.3 is 29.6 Å². The van der Waals surface area contributed by atoms with E-state index in [4.69, 9.17) is 4.74 Å². The van der Waals surface area contributed by atoms with Gasteiger partial charge in [0.05, 0.1) is 0 Å². The molecule has 1 atom stereocenters. The van der Waals surface area contributed by atoms with Crippen LogP contribution in [0.3, 0.4) is 0 Å². The molecule has 0 fully saturated rings. The molecule has 106 valence electrons. The molecule has 0 radical (unpaired) electrons. The van der Waals surface area contributed by atoms with Crippen LogP contribution in [0.2, 0.25) is 0 Å². The molecule has 2 aromatic carbocycles. The van der Waals surface area contributed by atoms with Crippen LogP contribution in [0.4, 0.5) is 0 Å². The molecule has 7 heteroatoms. The number of para-hydroxylation sites is 1. The van der Waals surface area contributed by atoms with E-state index in [0.717, 1.165) is 5.56 Å². The van der Waals surface area contributed by atoms with Crippen molar-refractivity contribution >= 4 is 10.4 Å². The number of hydrogen-bond donors (Lipinski definition) is 0. The van der Waals surface area contributed by atoms with E-state index in [1.165, 1.54) is 0 Å². The van der Waals surface area contributed by atoms with E-state index in [9.17, 15) is 13.0 Å². The third-order valence-electron chi connectivity index (χ3n) is 2.56. The number of ether oxygens (including phenoxy) is 1. The molecule has 0 heterocycles. The van der Waals surface area contributed by atoms with E-state index < -0.39 is 16.5 Å². The van der Waals surface area contributed by atoms with E-state index in [0.29, 0.717) is 5.75 Å². The van der Waals surface area contributed by atoms with Gasteiger partial charge in [-0.05, 0) is 17.7 Å². The van der Waals surface area contributed by atoms with Crippen molar-refractivity contribution < 1.29 is 51.4 Å². The van der Waals surface area contributed by atoms with Crippen LogP contribution in [-0.4, -0.2) is 19.6 Å². The standard InChI is InChI=1S/C14H14O5S.Na/c15-20(16,17)18-11-14(12-7-3-1-4-8-12)19-13-9-5-2-6-10-13;/h1-10,14H,11H2,(H,15,16,17);/q;+1/p-1. The molecule has 0 spiro atoms. The van der Waals surface area contributed by atoms with Crippen molar-refractivity contribution in [1.29, 1.82) is 0 Å². The molecule has 0 saturated carbocycles. The summed E-state index contributed by atoms with van der Waals surface area (Å²) < 4.78 is 41.7. The van der Waals surface area contributed by atoms with E-state index in [2.05, 4.69) is 4.18 Å². The van der Waals surface area contributed by atoms with E-state index in [1.54, 1.807) is 48.5 Å². The Balaban J connectivity index is 0.00000220. The quantitative estimate of drug-likeness (QED) is 0.400. The van der Waals surface area contributed by atoms with Gasteiger partial charge in [-0.25, -0.2) is 8.42 Å². The van der Waals surface area contributed by atoms with Gasteiger partial charge in [0, 0.05) is 0 Å². The van der Waals surface area contributed by atoms with Crippen LogP contribution >= 0.6 is 0 Å². The first-order valence-corrected chi connectivity index (χ1v) is 7.25. The minimum absolute atomic E-state index is 0. The van der Waals surface area contributed by atoms with E-state index >= 15 is 0 Å². The van der Waals surface area contributed by atoms with Crippen molar-refractivity contribution in [3.8, 4) is 5.75 Å². The summed E-state index contributed by atoms with van der Waals surface area (Å²) in [6.07, 6.45) is -0.678. The Hall–Kier alpha value is -0.890. The van der Waals surface area contributed by atoms with Crippen LogP contribution in [0.1, 0.15) is 11.7 Å². The zero-order chi connectivity index (χ0) is 14.4. The minimum atomic E-state index is -4.75. The van der Waals surface area contributed by atoms with Crippen molar-refractivity contribution in [2.24, 2.45) is 0 Å². The smallest absolute Gasteiger partial charge is 0.726 e. The maximum atomic E-state index is 10.6. The Kier molecular flexibility index (Phi) is 7.37. The van der Waals surface area contributed by atoms with Crippen LogP contribution in [0.15, 0.2) is 60.7 Å². The molecule has 0 amide bonds. The van der Waals surface area contributed by atoms with Gasteiger partial charge in [-0.3, -0.25) is 4.18 Å². The number of benzene rings is 2. The summed E-state index contributed by atoms with van der Waals surface area (Å²) in [6, 6.07) is 17.9. The van der Waals surface area contributed by atoms with Crippen LogP contribution in [-0.2, 0) is 14.6 Å². The zero-order valence-electron chi connectivity index (χ0n) is 11.5. The molecular formula is C14H13NaO5S. The molecule has 21 heavy (non-hydrogen) atoms. The summed E-state index contributed by atoms with van der Waals surface area (Å²) in [5, 5.41) is 0. The van der Waals surface area contributed by atoms with Gasteiger partial charge in [-0.1, -0.05) is 48.5 Å². The van der Waals surface area contributed by atoms with Gasteiger partial charge in [-0.15, -0.1) is 0 Å². The molecule has 2 rings (SSSR count). The van der Waals surface area contributed by atoms with Gasteiger partial charge < -0.3 is 9.29 Å². The van der Waals surface area contributed by atoms with Crippen molar-refractivity contribution in [3.63, 3.8) is 0 Å². The summed E-state index contributed by atoms with van der Waals surface area (Å²) >= 11 is 0. The topological polar surface area (TPSA) is 75.7 Å². The molecule has 0 aliphatic carbocycles. The first-order valence-electron chi connectivity index (χ1n) is 5.91. The summed E-state index contributed by atoms with van der Waals surface area (Å²) in [6.45, 7) is -0.370. The van der Waals surface area contributed by atoms with Crippen LogP contribution < -0.4 is 34.3 Å². The molecule has 5 nitrogen and oxygen atoms in total. The summed E-state index contributed by atoms with van der Waals surface area (Å²) in [4.78, 5) is 0. The second-order valence-electron chi connectivity index (χ2n) is 4.02. The monoisotopic (exact) mass is 316 g/mol. The fourth-order valence-corrected chi connectivity index (χ4v) is 1.96. The van der Waals surface area contributed by atoms with E-state index in [-0.39, 0.29) is 36.2 Å². The Morgan fingerprint density at radius 3 is 2.00 bits per heavy atom. The van der Waals surface area contributed by atoms with E-state index in [1.807, 2.05) is 12.1 Å². The normalized spacial score (nSPS) is 12.2. The first-order chi connectivity index (χ1) is 9.54. The van der Waals surface area contributed by atoms with Gasteiger partial charge in [0.2, 0.25) is 10.4 Å². The maximum absolute atomic E-state index is 10.6. The summed E-state index contributed by atoms with van der Waals surface area (Å²) in [7, 11) is -4.75. The Morgan fingerprint density at radius 1 is 0.952 bits per heavy atom. The zero-order valence-corrected chi connectivity index (χ0v) is 14.3. The molecular weight excluding hydrogens is 303 g/mol. The molecule has 0 bridgehead atoms. The molecule has 0 aromatic heterocycles. The molecule has 0 N–H and O–H groups in total. The molecule has 0 saturated heterocycles. The third kappa shape index (κ3) is 6.60. The van der Waals surface area contributed by atoms with Gasteiger partial charge in [-0.2, -0.15) is 0 Å². The van der Waals surface area contributed by atoms with Crippen LogP contribution in [0.25, 0.3) is 0 Å². The molecule has 0 aliphatic rings. The summed E-state index contributed by atoms with van der Waals surface area (Å²) in [5.41, 5.74) is 0.722. The molecule has 0 aliphatic heterocycles. The minimum Gasteiger partial charge on any atom is -0.726 e. The van der Waals surface area contributed by atoms with Crippen molar-refractivity contribution in [3.05, 3.63) is 66.2 Å².